The molecule has 0 atom stereocenters. The molecule has 3 nitrogen and oxygen atoms in total. The Labute approximate surface area is 103 Å². The first-order chi connectivity index (χ1) is 8.13. The van der Waals surface area contributed by atoms with E-state index in [0.717, 1.165) is 0 Å². The highest BCUT2D eigenvalue weighted by Gasteiger charge is 2.11. The van der Waals surface area contributed by atoms with Gasteiger partial charge in [0, 0.05) is 23.4 Å². The van der Waals surface area contributed by atoms with Crippen LogP contribution in [0.15, 0.2) is 30.5 Å². The maximum Gasteiger partial charge on any atom is 0.152 e. The summed E-state index contributed by atoms with van der Waals surface area (Å²) >= 11 is 5.79. The average molecular weight is 253 g/mol. The fourth-order valence-corrected chi connectivity index (χ4v) is 1.68. The molecule has 0 aliphatic heterocycles. The van der Waals surface area contributed by atoms with Gasteiger partial charge in [0.25, 0.3) is 0 Å². The normalized spacial score (nSPS) is 10.3. The maximum absolute atomic E-state index is 13.8. The third-order valence-corrected chi connectivity index (χ3v) is 2.71. The van der Waals surface area contributed by atoms with E-state index >= 15 is 0 Å². The predicted molar refractivity (Wildman–Crippen MR) is 65.6 cm³/mol. The topological polar surface area (TPSA) is 48.1 Å². The molecule has 0 spiro atoms. The largest absolute Gasteiger partial charge is 0.497 e. The van der Waals surface area contributed by atoms with Crippen LogP contribution in [0.3, 0.4) is 0 Å². The zero-order valence-corrected chi connectivity index (χ0v) is 9.83. The predicted octanol–water partition coefficient (Wildman–Crippen LogP) is 3.13. The molecule has 5 heteroatoms. The molecular formula is C12H10ClFN2O. The Balaban J connectivity index is 2.57. The number of aromatic nitrogens is 1. The van der Waals surface area contributed by atoms with E-state index in [9.17, 15) is 4.39 Å². The molecular weight excluding hydrogens is 243 g/mol. The monoisotopic (exact) mass is 252 g/mol. The number of hydrogen-bond acceptors (Lipinski definition) is 3. The molecule has 2 N–H and O–H groups in total. The van der Waals surface area contributed by atoms with Gasteiger partial charge in [-0.2, -0.15) is 0 Å². The molecule has 1 heterocycles. The van der Waals surface area contributed by atoms with E-state index in [1.807, 2.05) is 0 Å². The first-order valence-corrected chi connectivity index (χ1v) is 5.25. The van der Waals surface area contributed by atoms with Crippen molar-refractivity contribution in [2.24, 2.45) is 0 Å². The maximum atomic E-state index is 13.8. The summed E-state index contributed by atoms with van der Waals surface area (Å²) in [6.07, 6.45) is 1.48. The van der Waals surface area contributed by atoms with Gasteiger partial charge in [0.2, 0.25) is 0 Å². The number of benzene rings is 1. The number of nitrogens with two attached hydrogens (primary N) is 1. The Kier molecular flexibility index (Phi) is 3.15. The van der Waals surface area contributed by atoms with Crippen molar-refractivity contribution in [1.82, 2.24) is 4.98 Å². The highest BCUT2D eigenvalue weighted by Crippen LogP contribution is 2.32. The minimum absolute atomic E-state index is 0.165. The van der Waals surface area contributed by atoms with Gasteiger partial charge in [0.05, 0.1) is 12.8 Å². The van der Waals surface area contributed by atoms with Crippen molar-refractivity contribution in [2.75, 3.05) is 12.8 Å². The minimum atomic E-state index is -0.418. The van der Waals surface area contributed by atoms with E-state index < -0.39 is 5.82 Å². The van der Waals surface area contributed by atoms with Crippen LogP contribution >= 0.6 is 11.6 Å². The number of ether oxygens (including phenoxy) is 1. The molecule has 0 saturated carbocycles. The average Bonchev–Trinajstić information content (AvgIpc) is 2.33. The summed E-state index contributed by atoms with van der Waals surface area (Å²) in [7, 11) is 1.48. The SMILES string of the molecule is COc1ccc(-c2ccnc(Cl)c2N)c(F)c1. The molecule has 1 aromatic heterocycles. The molecule has 0 amide bonds. The molecule has 0 fully saturated rings. The third kappa shape index (κ3) is 2.17. The van der Waals surface area contributed by atoms with Crippen molar-refractivity contribution in [2.45, 2.75) is 0 Å². The Morgan fingerprint density at radius 2 is 2.06 bits per heavy atom. The molecule has 2 aromatic rings. The van der Waals surface area contributed by atoms with Crippen molar-refractivity contribution in [1.29, 1.82) is 0 Å². The lowest BCUT2D eigenvalue weighted by molar-refractivity contribution is 0.411. The van der Waals surface area contributed by atoms with Gasteiger partial charge >= 0.3 is 0 Å². The second kappa shape index (κ2) is 4.59. The van der Waals surface area contributed by atoms with Gasteiger partial charge in [0.15, 0.2) is 5.15 Å². The second-order valence-corrected chi connectivity index (χ2v) is 3.77. The van der Waals surface area contributed by atoms with Gasteiger partial charge in [-0.25, -0.2) is 9.37 Å². The van der Waals surface area contributed by atoms with Crippen LogP contribution in [-0.2, 0) is 0 Å². The highest BCUT2D eigenvalue weighted by atomic mass is 35.5. The fraction of sp³-hybridized carbons (Fsp3) is 0.0833. The number of anilines is 1. The van der Waals surface area contributed by atoms with E-state index in [1.54, 1.807) is 18.2 Å². The number of hydrogen-bond donors (Lipinski definition) is 1. The van der Waals surface area contributed by atoms with Gasteiger partial charge in [-0.1, -0.05) is 11.6 Å². The Morgan fingerprint density at radius 1 is 1.29 bits per heavy atom. The van der Waals surface area contributed by atoms with Crippen LogP contribution in [-0.4, -0.2) is 12.1 Å². The van der Waals surface area contributed by atoms with Crippen LogP contribution in [0.2, 0.25) is 5.15 Å². The molecule has 0 aliphatic carbocycles. The molecule has 0 unspecified atom stereocenters. The number of methoxy groups -OCH3 is 1. The fourth-order valence-electron chi connectivity index (χ4n) is 1.52. The lowest BCUT2D eigenvalue weighted by Gasteiger charge is -2.09. The van der Waals surface area contributed by atoms with E-state index in [1.165, 1.54) is 19.4 Å². The van der Waals surface area contributed by atoms with Crippen LogP contribution in [0.5, 0.6) is 5.75 Å². The third-order valence-electron chi connectivity index (χ3n) is 2.41. The van der Waals surface area contributed by atoms with Crippen LogP contribution in [0.1, 0.15) is 0 Å². The Hall–Kier alpha value is -1.81. The lowest BCUT2D eigenvalue weighted by Crippen LogP contribution is -1.95. The molecule has 0 aliphatic rings. The lowest BCUT2D eigenvalue weighted by atomic mass is 10.0. The Morgan fingerprint density at radius 3 is 2.71 bits per heavy atom. The first kappa shape index (κ1) is 11.7. The van der Waals surface area contributed by atoms with Gasteiger partial charge < -0.3 is 10.5 Å². The van der Waals surface area contributed by atoms with Gasteiger partial charge in [-0.15, -0.1) is 0 Å². The van der Waals surface area contributed by atoms with Crippen molar-refractivity contribution < 1.29 is 9.13 Å². The standard InChI is InChI=1S/C12H10ClFN2O/c1-17-7-2-3-8(10(14)6-7)9-4-5-16-12(13)11(9)15/h2-6H,15H2,1H3. The summed E-state index contributed by atoms with van der Waals surface area (Å²) in [5, 5.41) is 0.165. The Bertz CT molecular complexity index is 560. The highest BCUT2D eigenvalue weighted by molar-refractivity contribution is 6.32. The number of halogens is 2. The number of nitrogens with zero attached hydrogens (tertiary/aromatic N) is 1. The van der Waals surface area contributed by atoms with Crippen molar-refractivity contribution in [3.8, 4) is 16.9 Å². The molecule has 0 bridgehead atoms. The zero-order valence-electron chi connectivity index (χ0n) is 9.08. The van der Waals surface area contributed by atoms with E-state index in [4.69, 9.17) is 22.1 Å². The van der Waals surface area contributed by atoms with Crippen molar-refractivity contribution in [3.05, 3.63) is 41.4 Å². The minimum Gasteiger partial charge on any atom is -0.497 e. The summed E-state index contributed by atoms with van der Waals surface area (Å²) in [4.78, 5) is 3.82. The van der Waals surface area contributed by atoms with Crippen molar-refractivity contribution >= 4 is 17.3 Å². The summed E-state index contributed by atoms with van der Waals surface area (Å²) in [5.41, 5.74) is 6.91. The smallest absolute Gasteiger partial charge is 0.152 e. The summed E-state index contributed by atoms with van der Waals surface area (Å²) in [6.45, 7) is 0. The van der Waals surface area contributed by atoms with Crippen LogP contribution in [0, 0.1) is 5.82 Å². The molecule has 1 aromatic carbocycles. The summed E-state index contributed by atoms with van der Waals surface area (Å²) in [6, 6.07) is 6.16. The van der Waals surface area contributed by atoms with E-state index in [0.29, 0.717) is 16.9 Å². The van der Waals surface area contributed by atoms with Crippen LogP contribution in [0.25, 0.3) is 11.1 Å². The van der Waals surface area contributed by atoms with E-state index in [2.05, 4.69) is 4.98 Å². The van der Waals surface area contributed by atoms with Gasteiger partial charge in [0.1, 0.15) is 11.6 Å². The van der Waals surface area contributed by atoms with E-state index in [-0.39, 0.29) is 10.8 Å². The molecule has 2 rings (SSSR count). The van der Waals surface area contributed by atoms with Crippen LogP contribution < -0.4 is 10.5 Å². The summed E-state index contributed by atoms with van der Waals surface area (Å²) < 4.78 is 18.8. The summed E-state index contributed by atoms with van der Waals surface area (Å²) in [5.74, 6) is 0.0308. The number of nitrogen functional groups attached to an aromatic ring is 1. The van der Waals surface area contributed by atoms with Crippen LogP contribution in [0.4, 0.5) is 10.1 Å². The van der Waals surface area contributed by atoms with Gasteiger partial charge in [-0.3, -0.25) is 0 Å². The first-order valence-electron chi connectivity index (χ1n) is 4.87. The number of rotatable bonds is 2. The molecule has 88 valence electrons. The molecule has 0 radical (unpaired) electrons. The molecule has 0 saturated heterocycles. The number of pyridine rings is 1. The zero-order chi connectivity index (χ0) is 12.4. The molecule has 17 heavy (non-hydrogen) atoms. The van der Waals surface area contributed by atoms with Crippen molar-refractivity contribution in [3.63, 3.8) is 0 Å². The second-order valence-electron chi connectivity index (χ2n) is 3.41. The quantitative estimate of drug-likeness (QED) is 0.836. The van der Waals surface area contributed by atoms with Gasteiger partial charge in [-0.05, 0) is 18.2 Å².